The highest BCUT2D eigenvalue weighted by atomic mass is 16.5. The van der Waals surface area contributed by atoms with Crippen LogP contribution in [0.2, 0.25) is 0 Å². The predicted octanol–water partition coefficient (Wildman–Crippen LogP) is 4.50. The molecular formula is C19H24N2O. The third-order valence-electron chi connectivity index (χ3n) is 4.27. The van der Waals surface area contributed by atoms with Gasteiger partial charge in [0.2, 0.25) is 0 Å². The minimum absolute atomic E-state index is 0.331. The Labute approximate surface area is 132 Å². The van der Waals surface area contributed by atoms with Crippen molar-refractivity contribution in [3.8, 4) is 5.75 Å². The Balaban J connectivity index is 1.49. The van der Waals surface area contributed by atoms with Gasteiger partial charge in [0.05, 0.1) is 6.10 Å². The average Bonchev–Trinajstić information content (AvgIpc) is 2.52. The van der Waals surface area contributed by atoms with Crippen LogP contribution in [-0.4, -0.2) is 17.1 Å². The molecule has 3 rings (SSSR count). The predicted molar refractivity (Wildman–Crippen MR) is 90.4 cm³/mol. The quantitative estimate of drug-likeness (QED) is 0.902. The smallest absolute Gasteiger partial charge is 0.123 e. The van der Waals surface area contributed by atoms with E-state index < -0.39 is 0 Å². The van der Waals surface area contributed by atoms with Crippen LogP contribution in [0.3, 0.4) is 0 Å². The Bertz CT molecular complexity index is 601. The van der Waals surface area contributed by atoms with E-state index in [1.165, 1.54) is 11.3 Å². The van der Waals surface area contributed by atoms with Crippen LogP contribution in [-0.2, 0) is 0 Å². The molecule has 1 heterocycles. The Morgan fingerprint density at radius 1 is 1.00 bits per heavy atom. The maximum Gasteiger partial charge on any atom is 0.123 e. The molecule has 0 unspecified atom stereocenters. The number of hydrogen-bond donors (Lipinski definition) is 1. The standard InChI is InChI=1S/C19H24N2O/c1-14-3-5-16(6-4-14)21-17-7-9-18(10-8-17)22-19-11-12-20-15(2)13-19/h3-6,11-13,17-18,21H,7-10H2,1-2H3. The van der Waals surface area contributed by atoms with E-state index in [2.05, 4.69) is 41.5 Å². The third-order valence-corrected chi connectivity index (χ3v) is 4.27. The molecule has 1 fully saturated rings. The van der Waals surface area contributed by atoms with Gasteiger partial charge in [0.15, 0.2) is 0 Å². The summed E-state index contributed by atoms with van der Waals surface area (Å²) in [6.45, 7) is 4.11. The van der Waals surface area contributed by atoms with E-state index in [0.29, 0.717) is 12.1 Å². The van der Waals surface area contributed by atoms with Gasteiger partial charge in [0, 0.05) is 29.7 Å². The molecule has 116 valence electrons. The SMILES string of the molecule is Cc1ccc(NC2CCC(Oc3ccnc(C)c3)CC2)cc1. The molecule has 3 nitrogen and oxygen atoms in total. The zero-order valence-electron chi connectivity index (χ0n) is 13.4. The molecule has 1 aliphatic rings. The molecule has 0 bridgehead atoms. The first-order valence-corrected chi connectivity index (χ1v) is 8.11. The molecule has 3 heteroatoms. The van der Waals surface area contributed by atoms with Crippen LogP contribution in [0.15, 0.2) is 42.6 Å². The van der Waals surface area contributed by atoms with Crippen LogP contribution >= 0.6 is 0 Å². The van der Waals surface area contributed by atoms with Crippen molar-refractivity contribution < 1.29 is 4.74 Å². The summed E-state index contributed by atoms with van der Waals surface area (Å²) < 4.78 is 6.08. The molecule has 1 saturated carbocycles. The molecule has 0 aliphatic heterocycles. The molecule has 2 aromatic rings. The molecule has 1 aliphatic carbocycles. The molecule has 1 aromatic heterocycles. The van der Waals surface area contributed by atoms with Crippen molar-refractivity contribution in [3.63, 3.8) is 0 Å². The molecule has 1 aromatic carbocycles. The first-order valence-electron chi connectivity index (χ1n) is 8.11. The van der Waals surface area contributed by atoms with E-state index in [9.17, 15) is 0 Å². The zero-order valence-corrected chi connectivity index (χ0v) is 13.4. The van der Waals surface area contributed by atoms with E-state index in [-0.39, 0.29) is 0 Å². The molecule has 1 N–H and O–H groups in total. The van der Waals surface area contributed by atoms with Gasteiger partial charge in [0.1, 0.15) is 5.75 Å². The summed E-state index contributed by atoms with van der Waals surface area (Å²) in [5.41, 5.74) is 3.53. The molecule has 0 radical (unpaired) electrons. The van der Waals surface area contributed by atoms with Crippen molar-refractivity contribution in [1.29, 1.82) is 0 Å². The summed E-state index contributed by atoms with van der Waals surface area (Å²) >= 11 is 0. The summed E-state index contributed by atoms with van der Waals surface area (Å²) in [4.78, 5) is 4.21. The number of aromatic nitrogens is 1. The van der Waals surface area contributed by atoms with Crippen molar-refractivity contribution in [1.82, 2.24) is 4.98 Å². The third kappa shape index (κ3) is 4.00. The maximum atomic E-state index is 6.08. The maximum absolute atomic E-state index is 6.08. The highest BCUT2D eigenvalue weighted by molar-refractivity contribution is 5.45. The lowest BCUT2D eigenvalue weighted by Crippen LogP contribution is -2.31. The Hall–Kier alpha value is -2.03. The van der Waals surface area contributed by atoms with Crippen LogP contribution in [0.1, 0.15) is 36.9 Å². The van der Waals surface area contributed by atoms with Crippen molar-refractivity contribution in [3.05, 3.63) is 53.9 Å². The van der Waals surface area contributed by atoms with E-state index in [1.54, 1.807) is 0 Å². The lowest BCUT2D eigenvalue weighted by Gasteiger charge is -2.30. The number of ether oxygens (including phenoxy) is 1. The summed E-state index contributed by atoms with van der Waals surface area (Å²) in [6, 6.07) is 13.2. The minimum Gasteiger partial charge on any atom is -0.490 e. The van der Waals surface area contributed by atoms with Gasteiger partial charge in [-0.3, -0.25) is 4.98 Å². The topological polar surface area (TPSA) is 34.1 Å². The number of aryl methyl sites for hydroxylation is 2. The Morgan fingerprint density at radius 3 is 2.41 bits per heavy atom. The summed E-state index contributed by atoms with van der Waals surface area (Å²) in [5, 5.41) is 3.64. The largest absolute Gasteiger partial charge is 0.490 e. The number of hydrogen-bond acceptors (Lipinski definition) is 3. The van der Waals surface area contributed by atoms with Gasteiger partial charge in [-0.2, -0.15) is 0 Å². The highest BCUT2D eigenvalue weighted by Gasteiger charge is 2.22. The van der Waals surface area contributed by atoms with Crippen LogP contribution in [0, 0.1) is 13.8 Å². The monoisotopic (exact) mass is 296 g/mol. The van der Waals surface area contributed by atoms with Gasteiger partial charge in [-0.15, -0.1) is 0 Å². The number of nitrogens with zero attached hydrogens (tertiary/aromatic N) is 1. The molecule has 0 spiro atoms. The Kier molecular flexibility index (Phi) is 4.62. The van der Waals surface area contributed by atoms with Gasteiger partial charge in [0.25, 0.3) is 0 Å². The fraction of sp³-hybridized carbons (Fsp3) is 0.421. The van der Waals surface area contributed by atoms with E-state index in [4.69, 9.17) is 4.74 Å². The van der Waals surface area contributed by atoms with Crippen molar-refractivity contribution in [2.75, 3.05) is 5.32 Å². The second kappa shape index (κ2) is 6.82. The van der Waals surface area contributed by atoms with Crippen LogP contribution < -0.4 is 10.1 Å². The van der Waals surface area contributed by atoms with Gasteiger partial charge in [-0.1, -0.05) is 17.7 Å². The Morgan fingerprint density at radius 2 is 1.73 bits per heavy atom. The second-order valence-corrected chi connectivity index (χ2v) is 6.23. The molecule has 0 amide bonds. The van der Waals surface area contributed by atoms with Gasteiger partial charge >= 0.3 is 0 Å². The number of rotatable bonds is 4. The van der Waals surface area contributed by atoms with Gasteiger partial charge < -0.3 is 10.1 Å². The van der Waals surface area contributed by atoms with Crippen molar-refractivity contribution >= 4 is 5.69 Å². The molecule has 0 saturated heterocycles. The van der Waals surface area contributed by atoms with Crippen molar-refractivity contribution in [2.45, 2.75) is 51.7 Å². The number of pyridine rings is 1. The normalized spacial score (nSPS) is 21.4. The molecular weight excluding hydrogens is 272 g/mol. The molecule has 22 heavy (non-hydrogen) atoms. The summed E-state index contributed by atoms with van der Waals surface area (Å²) in [7, 11) is 0. The van der Waals surface area contributed by atoms with Gasteiger partial charge in [-0.25, -0.2) is 0 Å². The van der Waals surface area contributed by atoms with E-state index in [1.807, 2.05) is 25.3 Å². The average molecular weight is 296 g/mol. The van der Waals surface area contributed by atoms with E-state index >= 15 is 0 Å². The summed E-state index contributed by atoms with van der Waals surface area (Å²) in [6.07, 6.45) is 6.66. The van der Waals surface area contributed by atoms with Gasteiger partial charge in [-0.05, 0) is 57.7 Å². The van der Waals surface area contributed by atoms with Crippen LogP contribution in [0.5, 0.6) is 5.75 Å². The lowest BCUT2D eigenvalue weighted by molar-refractivity contribution is 0.150. The molecule has 0 atom stereocenters. The minimum atomic E-state index is 0.331. The number of benzene rings is 1. The van der Waals surface area contributed by atoms with Crippen molar-refractivity contribution in [2.24, 2.45) is 0 Å². The first kappa shape index (κ1) is 14.9. The fourth-order valence-corrected chi connectivity index (χ4v) is 3.00. The number of nitrogens with one attached hydrogen (secondary N) is 1. The number of anilines is 1. The zero-order chi connectivity index (χ0) is 15.4. The highest BCUT2D eigenvalue weighted by Crippen LogP contribution is 2.26. The van der Waals surface area contributed by atoms with Crippen LogP contribution in [0.25, 0.3) is 0 Å². The van der Waals surface area contributed by atoms with E-state index in [0.717, 1.165) is 37.1 Å². The van der Waals surface area contributed by atoms with Crippen LogP contribution in [0.4, 0.5) is 5.69 Å². The first-order chi connectivity index (χ1) is 10.7. The fourth-order valence-electron chi connectivity index (χ4n) is 3.00. The second-order valence-electron chi connectivity index (χ2n) is 6.23. The lowest BCUT2D eigenvalue weighted by atomic mass is 9.92. The summed E-state index contributed by atoms with van der Waals surface area (Å²) in [5.74, 6) is 0.947.